The van der Waals surface area contributed by atoms with Gasteiger partial charge in [-0.25, -0.2) is 4.98 Å². The summed E-state index contributed by atoms with van der Waals surface area (Å²) in [4.78, 5) is 45.2. The van der Waals surface area contributed by atoms with Crippen LogP contribution in [0.3, 0.4) is 0 Å². The van der Waals surface area contributed by atoms with E-state index in [0.717, 1.165) is 31.4 Å². The molecule has 180 valence electrons. The highest BCUT2D eigenvalue weighted by atomic mass is 35.5. The second-order valence-corrected chi connectivity index (χ2v) is 10.2. The lowest BCUT2D eigenvalue weighted by molar-refractivity contribution is -0.139. The van der Waals surface area contributed by atoms with Crippen LogP contribution >= 0.6 is 11.6 Å². The number of ketones is 1. The number of Topliss-reactive ketones (excluding diaryl/α,β-unsaturated/α-hetero) is 1. The van der Waals surface area contributed by atoms with Crippen molar-refractivity contribution in [2.24, 2.45) is 11.8 Å². The predicted octanol–water partition coefficient (Wildman–Crippen LogP) is 2.58. The number of hydrogen-bond donors (Lipinski definition) is 1. The zero-order chi connectivity index (χ0) is 23.8. The molecule has 9 heteroatoms. The SMILES string of the molecule is C[C@H]1CC[C@H](C(NC(=O)c2cccc(-n3ccnc3)c2)C(=O)N2C[C@@H](Cl)[C@H]3OCC(=O)[C@H]32)CC1. The Morgan fingerprint density at radius 1 is 1.24 bits per heavy atom. The smallest absolute Gasteiger partial charge is 0.252 e. The molecule has 2 aliphatic heterocycles. The van der Waals surface area contributed by atoms with Gasteiger partial charge in [-0.05, 0) is 42.9 Å². The number of ether oxygens (including phenoxy) is 1. The van der Waals surface area contributed by atoms with E-state index in [4.69, 9.17) is 16.3 Å². The molecule has 1 aliphatic carbocycles. The molecule has 8 nitrogen and oxygen atoms in total. The quantitative estimate of drug-likeness (QED) is 0.658. The molecule has 1 saturated carbocycles. The van der Waals surface area contributed by atoms with Crippen LogP contribution in [0.15, 0.2) is 43.0 Å². The zero-order valence-corrected chi connectivity index (χ0v) is 19.9. The van der Waals surface area contributed by atoms with E-state index in [-0.39, 0.29) is 36.7 Å². The first-order valence-corrected chi connectivity index (χ1v) is 12.3. The van der Waals surface area contributed by atoms with Gasteiger partial charge in [0.15, 0.2) is 5.78 Å². The number of carbonyl (C=O) groups excluding carboxylic acids is 3. The highest BCUT2D eigenvalue weighted by molar-refractivity contribution is 6.22. The molecule has 5 rings (SSSR count). The molecule has 1 N–H and O–H groups in total. The molecule has 2 saturated heterocycles. The van der Waals surface area contributed by atoms with Gasteiger partial charge in [0, 0.05) is 30.2 Å². The van der Waals surface area contributed by atoms with Crippen molar-refractivity contribution in [3.63, 3.8) is 0 Å². The van der Waals surface area contributed by atoms with Gasteiger partial charge in [0.05, 0.1) is 11.7 Å². The van der Waals surface area contributed by atoms with Crippen molar-refractivity contribution in [2.75, 3.05) is 13.2 Å². The Bertz CT molecular complexity index is 1070. The summed E-state index contributed by atoms with van der Waals surface area (Å²) in [7, 11) is 0. The lowest BCUT2D eigenvalue weighted by atomic mass is 9.78. The van der Waals surface area contributed by atoms with Crippen LogP contribution in [0.25, 0.3) is 5.69 Å². The van der Waals surface area contributed by atoms with Crippen LogP contribution < -0.4 is 5.32 Å². The molecule has 3 aliphatic rings. The molecule has 34 heavy (non-hydrogen) atoms. The lowest BCUT2D eigenvalue weighted by Crippen LogP contribution is -2.55. The maximum absolute atomic E-state index is 13.8. The molecule has 2 amide bonds. The average molecular weight is 485 g/mol. The number of fused-ring (bicyclic) bond motifs is 1. The Morgan fingerprint density at radius 2 is 2.03 bits per heavy atom. The number of halogens is 1. The minimum Gasteiger partial charge on any atom is -0.366 e. The second-order valence-electron chi connectivity index (χ2n) is 9.68. The Morgan fingerprint density at radius 3 is 2.76 bits per heavy atom. The molecule has 0 radical (unpaired) electrons. The van der Waals surface area contributed by atoms with Gasteiger partial charge in [-0.1, -0.05) is 25.8 Å². The molecule has 0 spiro atoms. The molecule has 3 heterocycles. The van der Waals surface area contributed by atoms with Gasteiger partial charge in [0.25, 0.3) is 5.91 Å². The number of aromatic nitrogens is 2. The molecular weight excluding hydrogens is 456 g/mol. The van der Waals surface area contributed by atoms with E-state index in [0.29, 0.717) is 11.5 Å². The highest BCUT2D eigenvalue weighted by Gasteiger charge is 2.53. The van der Waals surface area contributed by atoms with Crippen LogP contribution in [-0.4, -0.2) is 68.8 Å². The summed E-state index contributed by atoms with van der Waals surface area (Å²) in [5.41, 5.74) is 1.27. The minimum absolute atomic E-state index is 0.00901. The second kappa shape index (κ2) is 9.50. The third kappa shape index (κ3) is 4.36. The minimum atomic E-state index is -0.715. The topological polar surface area (TPSA) is 93.5 Å². The van der Waals surface area contributed by atoms with Gasteiger partial charge in [-0.3, -0.25) is 14.4 Å². The third-order valence-corrected chi connectivity index (χ3v) is 7.79. The molecular formula is C25H29ClN4O4. The van der Waals surface area contributed by atoms with Gasteiger partial charge in [0.1, 0.15) is 24.8 Å². The van der Waals surface area contributed by atoms with E-state index in [1.807, 2.05) is 10.6 Å². The number of likely N-dealkylation sites (tertiary alicyclic amines) is 1. The number of hydrogen-bond acceptors (Lipinski definition) is 5. The van der Waals surface area contributed by atoms with Gasteiger partial charge < -0.3 is 19.5 Å². The Kier molecular flexibility index (Phi) is 6.44. The Balaban J connectivity index is 1.39. The number of nitrogens with zero attached hydrogens (tertiary/aromatic N) is 3. The number of carbonyl (C=O) groups is 3. The van der Waals surface area contributed by atoms with Gasteiger partial charge in [-0.15, -0.1) is 11.6 Å². The molecule has 1 unspecified atom stereocenters. The summed E-state index contributed by atoms with van der Waals surface area (Å²) in [5.74, 6) is -0.0730. The van der Waals surface area contributed by atoms with E-state index in [2.05, 4.69) is 17.2 Å². The molecule has 2 aromatic rings. The number of benzene rings is 1. The van der Waals surface area contributed by atoms with Crippen molar-refractivity contribution in [1.29, 1.82) is 0 Å². The molecule has 1 aromatic heterocycles. The van der Waals surface area contributed by atoms with E-state index >= 15 is 0 Å². The van der Waals surface area contributed by atoms with Crippen LogP contribution in [0.2, 0.25) is 0 Å². The predicted molar refractivity (Wildman–Crippen MR) is 126 cm³/mol. The highest BCUT2D eigenvalue weighted by Crippen LogP contribution is 2.35. The van der Waals surface area contributed by atoms with E-state index in [1.165, 1.54) is 0 Å². The number of imidazole rings is 1. The number of nitrogens with one attached hydrogen (secondary N) is 1. The number of amides is 2. The van der Waals surface area contributed by atoms with Crippen LogP contribution in [0.4, 0.5) is 0 Å². The average Bonchev–Trinajstić information content (AvgIpc) is 3.58. The number of alkyl halides is 1. The first-order valence-electron chi connectivity index (χ1n) is 11.9. The summed E-state index contributed by atoms with van der Waals surface area (Å²) < 4.78 is 7.37. The Labute approximate surface area is 203 Å². The molecule has 4 atom stereocenters. The largest absolute Gasteiger partial charge is 0.366 e. The van der Waals surface area contributed by atoms with Crippen LogP contribution in [0.1, 0.15) is 43.0 Å². The molecule has 1 aromatic carbocycles. The van der Waals surface area contributed by atoms with Crippen LogP contribution in [-0.2, 0) is 14.3 Å². The summed E-state index contributed by atoms with van der Waals surface area (Å²) in [6.07, 6.45) is 8.38. The zero-order valence-electron chi connectivity index (χ0n) is 19.1. The van der Waals surface area contributed by atoms with Crippen molar-refractivity contribution in [1.82, 2.24) is 19.8 Å². The van der Waals surface area contributed by atoms with Crippen molar-refractivity contribution in [2.45, 2.75) is 56.2 Å². The van der Waals surface area contributed by atoms with Gasteiger partial charge >= 0.3 is 0 Å². The summed E-state index contributed by atoms with van der Waals surface area (Å²) in [6.45, 7) is 2.43. The summed E-state index contributed by atoms with van der Waals surface area (Å²) in [6, 6.07) is 5.82. The first kappa shape index (κ1) is 23.1. The van der Waals surface area contributed by atoms with Gasteiger partial charge in [-0.2, -0.15) is 0 Å². The van der Waals surface area contributed by atoms with Crippen molar-refractivity contribution in [3.8, 4) is 5.69 Å². The first-order chi connectivity index (χ1) is 16.4. The van der Waals surface area contributed by atoms with Crippen molar-refractivity contribution < 1.29 is 19.1 Å². The van der Waals surface area contributed by atoms with Crippen LogP contribution in [0, 0.1) is 11.8 Å². The van der Waals surface area contributed by atoms with E-state index in [1.54, 1.807) is 41.8 Å². The fourth-order valence-electron chi connectivity index (χ4n) is 5.45. The van der Waals surface area contributed by atoms with Crippen LogP contribution in [0.5, 0.6) is 0 Å². The lowest BCUT2D eigenvalue weighted by Gasteiger charge is -2.35. The Hall–Kier alpha value is -2.71. The fourth-order valence-corrected chi connectivity index (χ4v) is 5.81. The van der Waals surface area contributed by atoms with E-state index in [9.17, 15) is 14.4 Å². The summed E-state index contributed by atoms with van der Waals surface area (Å²) in [5, 5.41) is 2.59. The maximum atomic E-state index is 13.8. The summed E-state index contributed by atoms with van der Waals surface area (Å²) >= 11 is 6.43. The monoisotopic (exact) mass is 484 g/mol. The third-order valence-electron chi connectivity index (χ3n) is 7.40. The van der Waals surface area contributed by atoms with E-state index < -0.39 is 23.6 Å². The normalized spacial score (nSPS) is 29.6. The van der Waals surface area contributed by atoms with Gasteiger partial charge in [0.2, 0.25) is 5.91 Å². The molecule has 3 fully saturated rings. The van der Waals surface area contributed by atoms with Crippen molar-refractivity contribution >= 4 is 29.2 Å². The van der Waals surface area contributed by atoms with Crippen molar-refractivity contribution in [3.05, 3.63) is 48.5 Å². The fraction of sp³-hybridized carbons (Fsp3) is 0.520. The number of rotatable bonds is 5. The molecule has 0 bridgehead atoms. The maximum Gasteiger partial charge on any atom is 0.252 e. The standard InChI is InChI=1S/C25H29ClN4O4/c1-15-5-7-16(8-6-15)21(25(33)30-12-19(26)23-22(30)20(31)13-34-23)28-24(32)17-3-2-4-18(11-17)29-10-9-27-14-29/h2-4,9-11,14-16,19,21-23H,5-8,12-13H2,1H3,(H,28,32)/t15-,16-,19-,21?,22-,23-/m1/s1.